The fourth-order valence-electron chi connectivity index (χ4n) is 1.61. The Labute approximate surface area is 123 Å². The number of nitrogens with one attached hydrogen (secondary N) is 2. The molecule has 2 heterocycles. The highest BCUT2D eigenvalue weighted by Crippen LogP contribution is 2.26. The number of H-pyrrole nitrogens is 1. The van der Waals surface area contributed by atoms with Crippen molar-refractivity contribution in [2.75, 3.05) is 6.54 Å². The first-order valence-corrected chi connectivity index (χ1v) is 6.54. The summed E-state index contributed by atoms with van der Waals surface area (Å²) in [6.07, 6.45) is -2.92. The Bertz CT molecular complexity index is 661. The standard InChI is InChI=1S/C11H14F3N7O/c1-3-4-5-15-8(22)7-16-6(2)21(20-7)10-17-9(18-19-10)11(12,13)14/h3-5H2,1-2H3,(H,15,22)(H,17,18,19). The largest absolute Gasteiger partial charge is 0.451 e. The molecule has 0 unspecified atom stereocenters. The van der Waals surface area contributed by atoms with Gasteiger partial charge in [0.1, 0.15) is 5.82 Å². The maximum atomic E-state index is 12.5. The first-order chi connectivity index (χ1) is 10.3. The van der Waals surface area contributed by atoms with E-state index in [9.17, 15) is 18.0 Å². The zero-order valence-electron chi connectivity index (χ0n) is 11.9. The number of alkyl halides is 3. The molecule has 0 fully saturated rings. The molecule has 2 N–H and O–H groups in total. The number of aromatic amines is 1. The van der Waals surface area contributed by atoms with Gasteiger partial charge in [0.25, 0.3) is 11.9 Å². The van der Waals surface area contributed by atoms with Gasteiger partial charge in [-0.25, -0.2) is 4.98 Å². The predicted molar refractivity (Wildman–Crippen MR) is 68.3 cm³/mol. The third-order valence-corrected chi connectivity index (χ3v) is 2.72. The average molecular weight is 317 g/mol. The van der Waals surface area contributed by atoms with Crippen LogP contribution < -0.4 is 5.32 Å². The van der Waals surface area contributed by atoms with Crippen molar-refractivity contribution in [1.29, 1.82) is 0 Å². The Morgan fingerprint density at radius 2 is 2.09 bits per heavy atom. The second-order valence-electron chi connectivity index (χ2n) is 4.49. The maximum absolute atomic E-state index is 12.5. The highest BCUT2D eigenvalue weighted by Gasteiger charge is 2.35. The molecule has 0 bridgehead atoms. The summed E-state index contributed by atoms with van der Waals surface area (Å²) in [6.45, 7) is 3.94. The van der Waals surface area contributed by atoms with Crippen LogP contribution in [0.5, 0.6) is 0 Å². The quantitative estimate of drug-likeness (QED) is 0.808. The van der Waals surface area contributed by atoms with Crippen molar-refractivity contribution in [1.82, 2.24) is 35.3 Å². The van der Waals surface area contributed by atoms with Crippen molar-refractivity contribution in [2.24, 2.45) is 0 Å². The van der Waals surface area contributed by atoms with E-state index in [-0.39, 0.29) is 17.6 Å². The Kier molecular flexibility index (Phi) is 4.43. The van der Waals surface area contributed by atoms with Gasteiger partial charge in [0.05, 0.1) is 0 Å². The summed E-state index contributed by atoms with van der Waals surface area (Å²) in [5.41, 5.74) is 0. The van der Waals surface area contributed by atoms with Gasteiger partial charge in [0.2, 0.25) is 11.6 Å². The van der Waals surface area contributed by atoms with Crippen LogP contribution in [0.15, 0.2) is 0 Å². The molecule has 0 spiro atoms. The summed E-state index contributed by atoms with van der Waals surface area (Å²) in [4.78, 5) is 19.0. The molecule has 0 aromatic carbocycles. The molecule has 22 heavy (non-hydrogen) atoms. The molecule has 1 amide bonds. The molecule has 0 radical (unpaired) electrons. The zero-order valence-corrected chi connectivity index (χ0v) is 11.9. The van der Waals surface area contributed by atoms with E-state index in [1.54, 1.807) is 5.10 Å². The molecule has 11 heteroatoms. The molecule has 0 saturated heterocycles. The van der Waals surface area contributed by atoms with Crippen molar-refractivity contribution in [3.05, 3.63) is 17.5 Å². The molecule has 2 rings (SSSR count). The van der Waals surface area contributed by atoms with Crippen LogP contribution in [0, 0.1) is 6.92 Å². The van der Waals surface area contributed by atoms with Crippen LogP contribution in [0.2, 0.25) is 0 Å². The van der Waals surface area contributed by atoms with E-state index >= 15 is 0 Å². The monoisotopic (exact) mass is 317 g/mol. The number of hydrogen-bond acceptors (Lipinski definition) is 5. The molecular formula is C11H14F3N7O. The van der Waals surface area contributed by atoms with Gasteiger partial charge in [0.15, 0.2) is 0 Å². The Morgan fingerprint density at radius 3 is 2.68 bits per heavy atom. The summed E-state index contributed by atoms with van der Waals surface area (Å²) in [5.74, 6) is -2.02. The number of carbonyl (C=O) groups excluding carboxylic acids is 1. The maximum Gasteiger partial charge on any atom is 0.451 e. The van der Waals surface area contributed by atoms with Crippen LogP contribution in [0.4, 0.5) is 13.2 Å². The normalized spacial score (nSPS) is 11.7. The van der Waals surface area contributed by atoms with E-state index in [2.05, 4.69) is 25.5 Å². The number of aromatic nitrogens is 6. The summed E-state index contributed by atoms with van der Waals surface area (Å²) in [5, 5.41) is 11.7. The molecular weight excluding hydrogens is 303 g/mol. The van der Waals surface area contributed by atoms with Gasteiger partial charge in [-0.2, -0.15) is 22.8 Å². The fourth-order valence-corrected chi connectivity index (χ4v) is 1.61. The minimum atomic E-state index is -4.64. The number of hydrogen-bond donors (Lipinski definition) is 2. The fraction of sp³-hybridized carbons (Fsp3) is 0.545. The van der Waals surface area contributed by atoms with E-state index in [4.69, 9.17) is 0 Å². The molecule has 0 aliphatic carbocycles. The van der Waals surface area contributed by atoms with E-state index in [0.29, 0.717) is 6.54 Å². The van der Waals surface area contributed by atoms with Gasteiger partial charge in [-0.1, -0.05) is 13.3 Å². The summed E-state index contributed by atoms with van der Waals surface area (Å²) >= 11 is 0. The lowest BCUT2D eigenvalue weighted by Gasteiger charge is -1.99. The molecule has 0 atom stereocenters. The number of carbonyl (C=O) groups is 1. The number of nitrogens with zero attached hydrogens (tertiary/aromatic N) is 5. The molecule has 2 aromatic heterocycles. The number of aryl methyl sites for hydroxylation is 1. The van der Waals surface area contributed by atoms with Crippen molar-refractivity contribution < 1.29 is 18.0 Å². The van der Waals surface area contributed by atoms with Gasteiger partial charge in [0, 0.05) is 6.54 Å². The van der Waals surface area contributed by atoms with E-state index in [1.807, 2.05) is 6.92 Å². The lowest BCUT2D eigenvalue weighted by molar-refractivity contribution is -0.144. The van der Waals surface area contributed by atoms with Crippen molar-refractivity contribution in [3.63, 3.8) is 0 Å². The van der Waals surface area contributed by atoms with Gasteiger partial charge in [-0.05, 0) is 13.3 Å². The lowest BCUT2D eigenvalue weighted by Crippen LogP contribution is -2.25. The Morgan fingerprint density at radius 1 is 1.36 bits per heavy atom. The van der Waals surface area contributed by atoms with Crippen LogP contribution in [0.3, 0.4) is 0 Å². The lowest BCUT2D eigenvalue weighted by atomic mass is 10.3. The van der Waals surface area contributed by atoms with E-state index in [0.717, 1.165) is 17.5 Å². The van der Waals surface area contributed by atoms with Gasteiger partial charge < -0.3 is 5.32 Å². The van der Waals surface area contributed by atoms with Crippen LogP contribution in [0.25, 0.3) is 5.95 Å². The van der Waals surface area contributed by atoms with Gasteiger partial charge in [-0.3, -0.25) is 9.89 Å². The SMILES string of the molecule is CCCCNC(=O)c1nc(C)n(-c2n[nH]c(C(F)(F)F)n2)n1. The predicted octanol–water partition coefficient (Wildman–Crippen LogP) is 1.24. The van der Waals surface area contributed by atoms with Crippen LogP contribution in [-0.2, 0) is 6.18 Å². The van der Waals surface area contributed by atoms with Crippen molar-refractivity contribution in [2.45, 2.75) is 32.9 Å². The molecule has 8 nitrogen and oxygen atoms in total. The summed E-state index contributed by atoms with van der Waals surface area (Å²) in [6, 6.07) is 0. The second-order valence-corrected chi connectivity index (χ2v) is 4.49. The van der Waals surface area contributed by atoms with Crippen molar-refractivity contribution in [3.8, 4) is 5.95 Å². The van der Waals surface area contributed by atoms with Crippen molar-refractivity contribution >= 4 is 5.91 Å². The third-order valence-electron chi connectivity index (χ3n) is 2.72. The number of unbranched alkanes of at least 4 members (excludes halogenated alkanes) is 1. The summed E-state index contributed by atoms with van der Waals surface area (Å²) in [7, 11) is 0. The Balaban J connectivity index is 2.19. The highest BCUT2D eigenvalue weighted by atomic mass is 19.4. The zero-order chi connectivity index (χ0) is 16.3. The first kappa shape index (κ1) is 15.9. The molecule has 2 aromatic rings. The number of halogens is 3. The minimum Gasteiger partial charge on any atom is -0.349 e. The smallest absolute Gasteiger partial charge is 0.349 e. The first-order valence-electron chi connectivity index (χ1n) is 6.54. The van der Waals surface area contributed by atoms with E-state index < -0.39 is 17.9 Å². The van der Waals surface area contributed by atoms with Crippen LogP contribution in [0.1, 0.15) is 42.0 Å². The summed E-state index contributed by atoms with van der Waals surface area (Å²) < 4.78 is 38.4. The highest BCUT2D eigenvalue weighted by molar-refractivity contribution is 5.90. The third kappa shape index (κ3) is 3.40. The van der Waals surface area contributed by atoms with Crippen LogP contribution >= 0.6 is 0 Å². The van der Waals surface area contributed by atoms with Crippen LogP contribution in [-0.4, -0.2) is 42.4 Å². The Hall–Kier alpha value is -2.46. The van der Waals surface area contributed by atoms with Gasteiger partial charge in [-0.15, -0.1) is 10.2 Å². The molecule has 0 saturated carbocycles. The van der Waals surface area contributed by atoms with E-state index in [1.165, 1.54) is 6.92 Å². The number of rotatable bonds is 5. The minimum absolute atomic E-state index is 0.146. The molecule has 120 valence electrons. The second kappa shape index (κ2) is 6.12. The average Bonchev–Trinajstić information content (AvgIpc) is 3.04. The number of amides is 1. The molecule has 0 aliphatic heterocycles. The van der Waals surface area contributed by atoms with Gasteiger partial charge >= 0.3 is 6.18 Å². The molecule has 0 aliphatic rings. The topological polar surface area (TPSA) is 101 Å².